The van der Waals surface area contributed by atoms with E-state index in [9.17, 15) is 12.8 Å². The molecule has 2 rings (SSSR count). The minimum absolute atomic E-state index is 0.00856. The van der Waals surface area contributed by atoms with E-state index in [4.69, 9.17) is 11.3 Å². The molecule has 2 atom stereocenters. The van der Waals surface area contributed by atoms with Crippen LogP contribution >= 0.6 is 15.9 Å². The Morgan fingerprint density at radius 2 is 2.18 bits per heavy atom. The van der Waals surface area contributed by atoms with Crippen LogP contribution in [0.5, 0.6) is 0 Å². The molecule has 0 amide bonds. The monoisotopic (exact) mass is 389 g/mol. The summed E-state index contributed by atoms with van der Waals surface area (Å²) in [7, 11) is -3.56. The van der Waals surface area contributed by atoms with Crippen molar-refractivity contribution < 1.29 is 17.5 Å². The van der Waals surface area contributed by atoms with Crippen LogP contribution in [0.3, 0.4) is 0 Å². The summed E-state index contributed by atoms with van der Waals surface area (Å²) in [4.78, 5) is 3.29. The molecule has 1 aromatic carbocycles. The molecule has 1 aliphatic rings. The van der Waals surface area contributed by atoms with Crippen molar-refractivity contribution in [1.29, 1.82) is 0 Å². The smallest absolute Gasteiger partial charge is 0.240 e. The Kier molecular flexibility index (Phi) is 5.59. The number of ether oxygens (including phenoxy) is 1. The summed E-state index contributed by atoms with van der Waals surface area (Å²) in [6, 6.07) is 2.51. The predicted octanol–water partition coefficient (Wildman–Crippen LogP) is 3.38. The maximum Gasteiger partial charge on any atom is 0.240 e. The van der Waals surface area contributed by atoms with E-state index >= 15 is 0 Å². The molecule has 0 bridgehead atoms. The Morgan fingerprint density at radius 1 is 1.45 bits per heavy atom. The second kappa shape index (κ2) is 7.07. The molecule has 1 aliphatic heterocycles. The van der Waals surface area contributed by atoms with Crippen molar-refractivity contribution in [3.63, 3.8) is 0 Å². The van der Waals surface area contributed by atoms with E-state index in [1.54, 1.807) is 6.92 Å². The van der Waals surface area contributed by atoms with Gasteiger partial charge in [-0.05, 0) is 43.4 Å². The summed E-state index contributed by atoms with van der Waals surface area (Å²) >= 11 is 3.18. The average molecular weight is 390 g/mol. The Balaban J connectivity index is 2.08. The molecular formula is C15H17BrFNO3S. The number of benzene rings is 1. The molecule has 0 unspecified atom stereocenters. The lowest BCUT2D eigenvalue weighted by Gasteiger charge is -2.26. The molecule has 0 aliphatic carbocycles. The first-order chi connectivity index (χ1) is 10.3. The van der Waals surface area contributed by atoms with Crippen molar-refractivity contribution in [2.75, 3.05) is 18.9 Å². The largest absolute Gasteiger partial charge is 0.370 e. The van der Waals surface area contributed by atoms with Crippen LogP contribution in [-0.4, -0.2) is 33.4 Å². The van der Waals surface area contributed by atoms with Crippen molar-refractivity contribution in [3.8, 4) is 0 Å². The fourth-order valence-corrected chi connectivity index (χ4v) is 4.69. The number of hydrogen-bond acceptors (Lipinski definition) is 3. The SMILES string of the molecule is [C-]#[N+]C[C@H]1CC[C@H](CS(=O)(=O)c2cc(F)c(C)c(Br)c2)CO1. The van der Waals surface area contributed by atoms with Crippen LogP contribution in [0.4, 0.5) is 4.39 Å². The lowest BCUT2D eigenvalue weighted by atomic mass is 10.0. The van der Waals surface area contributed by atoms with E-state index in [1.165, 1.54) is 6.07 Å². The number of hydrogen-bond donors (Lipinski definition) is 0. The highest BCUT2D eigenvalue weighted by molar-refractivity contribution is 9.10. The van der Waals surface area contributed by atoms with Gasteiger partial charge in [-0.15, -0.1) is 0 Å². The lowest BCUT2D eigenvalue weighted by Crippen LogP contribution is -2.31. The minimum atomic E-state index is -3.56. The van der Waals surface area contributed by atoms with Gasteiger partial charge in [-0.1, -0.05) is 15.9 Å². The van der Waals surface area contributed by atoms with Gasteiger partial charge < -0.3 is 9.58 Å². The van der Waals surface area contributed by atoms with Crippen molar-refractivity contribution in [3.05, 3.63) is 39.4 Å². The van der Waals surface area contributed by atoms with Crippen LogP contribution in [0, 0.1) is 25.2 Å². The first-order valence-corrected chi connectivity index (χ1v) is 9.41. The Morgan fingerprint density at radius 3 is 2.73 bits per heavy atom. The highest BCUT2D eigenvalue weighted by Crippen LogP contribution is 2.27. The summed E-state index contributed by atoms with van der Waals surface area (Å²) in [6.07, 6.45) is 1.30. The van der Waals surface area contributed by atoms with Gasteiger partial charge in [0.1, 0.15) is 11.9 Å². The fourth-order valence-electron chi connectivity index (χ4n) is 2.45. The topological polar surface area (TPSA) is 47.7 Å². The molecule has 0 spiro atoms. The summed E-state index contributed by atoms with van der Waals surface area (Å²) in [6.45, 7) is 9.04. The predicted molar refractivity (Wildman–Crippen MR) is 84.8 cm³/mol. The standard InChI is InChI=1S/C15H17BrFNO3S/c1-10-14(16)5-13(6-15(10)17)22(19,20)9-11-3-4-12(7-18-2)21-8-11/h5-6,11-12H,3-4,7-9H2,1H3/t11-,12+/m0/s1. The molecule has 0 radical (unpaired) electrons. The summed E-state index contributed by atoms with van der Waals surface area (Å²) < 4.78 is 44.6. The number of halogens is 2. The van der Waals surface area contributed by atoms with Crippen molar-refractivity contribution in [1.82, 2.24) is 0 Å². The molecule has 0 N–H and O–H groups in total. The first-order valence-electron chi connectivity index (χ1n) is 6.96. The van der Waals surface area contributed by atoms with Gasteiger partial charge in [-0.2, -0.15) is 0 Å². The number of sulfone groups is 1. The molecule has 1 aromatic rings. The Bertz CT molecular complexity index is 668. The third kappa shape index (κ3) is 4.06. The second-order valence-electron chi connectivity index (χ2n) is 5.53. The molecular weight excluding hydrogens is 373 g/mol. The number of nitrogens with zero attached hydrogens (tertiary/aromatic N) is 1. The van der Waals surface area contributed by atoms with Gasteiger partial charge in [0.2, 0.25) is 6.54 Å². The zero-order valence-electron chi connectivity index (χ0n) is 12.2. The van der Waals surface area contributed by atoms with E-state index in [0.717, 1.165) is 6.07 Å². The van der Waals surface area contributed by atoms with Gasteiger partial charge in [-0.3, -0.25) is 0 Å². The van der Waals surface area contributed by atoms with Gasteiger partial charge in [0.25, 0.3) is 0 Å². The Hall–Kier alpha value is -0.970. The van der Waals surface area contributed by atoms with E-state index in [-0.39, 0.29) is 22.7 Å². The van der Waals surface area contributed by atoms with Crippen LogP contribution in [0.1, 0.15) is 18.4 Å². The third-order valence-corrected chi connectivity index (χ3v) is 6.52. The summed E-state index contributed by atoms with van der Waals surface area (Å²) in [5, 5.41) is 0. The first kappa shape index (κ1) is 17.4. The van der Waals surface area contributed by atoms with E-state index in [2.05, 4.69) is 20.8 Å². The van der Waals surface area contributed by atoms with Gasteiger partial charge in [-0.25, -0.2) is 19.4 Å². The summed E-state index contributed by atoms with van der Waals surface area (Å²) in [5.41, 5.74) is 0.391. The van der Waals surface area contributed by atoms with Crippen LogP contribution in [-0.2, 0) is 14.6 Å². The van der Waals surface area contributed by atoms with Crippen molar-refractivity contribution in [2.45, 2.75) is 30.8 Å². The third-order valence-electron chi connectivity index (χ3n) is 3.83. The summed E-state index contributed by atoms with van der Waals surface area (Å²) in [5.74, 6) is -0.716. The van der Waals surface area contributed by atoms with Gasteiger partial charge >= 0.3 is 0 Å². The Labute approximate surface area is 138 Å². The molecule has 22 heavy (non-hydrogen) atoms. The van der Waals surface area contributed by atoms with Crippen LogP contribution in [0.15, 0.2) is 21.5 Å². The van der Waals surface area contributed by atoms with Gasteiger partial charge in [0.05, 0.1) is 17.3 Å². The van der Waals surface area contributed by atoms with E-state index in [1.807, 2.05) is 0 Å². The maximum atomic E-state index is 13.7. The van der Waals surface area contributed by atoms with Crippen molar-refractivity contribution in [2.24, 2.45) is 5.92 Å². The normalized spacial score (nSPS) is 22.3. The van der Waals surface area contributed by atoms with E-state index < -0.39 is 15.7 Å². The fraction of sp³-hybridized carbons (Fsp3) is 0.533. The minimum Gasteiger partial charge on any atom is -0.370 e. The highest BCUT2D eigenvalue weighted by Gasteiger charge is 2.28. The van der Waals surface area contributed by atoms with Gasteiger partial charge in [0, 0.05) is 4.47 Å². The second-order valence-corrected chi connectivity index (χ2v) is 8.42. The zero-order valence-corrected chi connectivity index (χ0v) is 14.6. The van der Waals surface area contributed by atoms with Crippen LogP contribution in [0.2, 0.25) is 0 Å². The maximum absolute atomic E-state index is 13.7. The molecule has 4 nitrogen and oxygen atoms in total. The number of rotatable bonds is 4. The van der Waals surface area contributed by atoms with Crippen LogP contribution < -0.4 is 0 Å². The molecule has 0 aromatic heterocycles. The molecule has 0 saturated carbocycles. The zero-order chi connectivity index (χ0) is 16.3. The molecule has 1 heterocycles. The quantitative estimate of drug-likeness (QED) is 0.741. The molecule has 120 valence electrons. The molecule has 7 heteroatoms. The molecule has 1 saturated heterocycles. The highest BCUT2D eigenvalue weighted by atomic mass is 79.9. The lowest BCUT2D eigenvalue weighted by molar-refractivity contribution is -0.000428. The van der Waals surface area contributed by atoms with E-state index in [0.29, 0.717) is 36.0 Å². The average Bonchev–Trinajstić information content (AvgIpc) is 2.46. The molecule has 1 fully saturated rings. The van der Waals surface area contributed by atoms with Crippen LogP contribution in [0.25, 0.3) is 4.85 Å². The van der Waals surface area contributed by atoms with Crippen molar-refractivity contribution >= 4 is 25.8 Å². The van der Waals surface area contributed by atoms with Gasteiger partial charge in [0.15, 0.2) is 9.84 Å².